The molecule has 2 aromatic carbocycles. The molecular weight excluding hydrogens is 533 g/mol. The van der Waals surface area contributed by atoms with E-state index in [1.54, 1.807) is 57.2 Å². The Balaban J connectivity index is 1.28. The van der Waals surface area contributed by atoms with Gasteiger partial charge in [-0.15, -0.1) is 0 Å². The van der Waals surface area contributed by atoms with Crippen LogP contribution in [0.3, 0.4) is 0 Å². The Kier molecular flexibility index (Phi) is 7.38. The summed E-state index contributed by atoms with van der Waals surface area (Å²) in [5, 5.41) is 12.2. The van der Waals surface area contributed by atoms with Crippen molar-refractivity contribution in [2.75, 3.05) is 0 Å². The zero-order chi connectivity index (χ0) is 28.8. The van der Waals surface area contributed by atoms with Crippen LogP contribution in [0, 0.1) is 23.1 Å². The average Bonchev–Trinajstić information content (AvgIpc) is 3.57. The fourth-order valence-corrected chi connectivity index (χ4v) is 7.53. The molecule has 2 aromatic rings. The number of amides is 2. The zero-order valence-electron chi connectivity index (χ0n) is 22.9. The highest BCUT2D eigenvalue weighted by molar-refractivity contribution is 7.92. The number of nitriles is 1. The van der Waals surface area contributed by atoms with E-state index in [0.717, 1.165) is 12.8 Å². The Morgan fingerprint density at radius 2 is 1.85 bits per heavy atom. The Labute approximate surface area is 234 Å². The van der Waals surface area contributed by atoms with Gasteiger partial charge in [-0.2, -0.15) is 5.26 Å². The van der Waals surface area contributed by atoms with E-state index in [9.17, 15) is 23.3 Å². The molecule has 4 atom stereocenters. The maximum atomic E-state index is 15.2. The van der Waals surface area contributed by atoms with Gasteiger partial charge in [-0.3, -0.25) is 9.69 Å². The summed E-state index contributed by atoms with van der Waals surface area (Å²) in [4.78, 5) is 27.9. The molecule has 2 amide bonds. The first-order valence-electron chi connectivity index (χ1n) is 13.7. The molecule has 2 saturated carbocycles. The molecule has 0 aromatic heterocycles. The van der Waals surface area contributed by atoms with E-state index >= 15 is 4.39 Å². The van der Waals surface area contributed by atoms with Gasteiger partial charge < -0.3 is 10.1 Å². The Bertz CT molecular complexity index is 1470. The van der Waals surface area contributed by atoms with Crippen molar-refractivity contribution in [3.8, 4) is 17.2 Å². The number of rotatable bonds is 7. The molecular formula is C30H34FN3O5S. The van der Waals surface area contributed by atoms with Crippen LogP contribution >= 0.6 is 0 Å². The number of carbonyl (C=O) groups excluding carboxylic acids is 2. The standard InChI is InChI=1S/C30H34FN3O5S/c1-30(2,3)39-29(36)34-23-10-9-21(14-23)27(34)28(35)33-22(17-32)13-20-8-7-19(16-26(20)31)18-5-4-6-25(15-18)40(37,38)24-11-12-24/h4-8,15-16,21-24,27H,9-14H2,1-3H3,(H,33,35)/t21-,22-,23+,27-/m0/s1. The number of piperidine rings is 1. The van der Waals surface area contributed by atoms with E-state index in [2.05, 4.69) is 5.32 Å². The number of ether oxygens (including phenoxy) is 1. The number of hydrogen-bond donors (Lipinski definition) is 1. The van der Waals surface area contributed by atoms with Gasteiger partial charge in [0.2, 0.25) is 5.91 Å². The number of hydrogen-bond acceptors (Lipinski definition) is 6. The second-order valence-electron chi connectivity index (χ2n) is 12.0. The van der Waals surface area contributed by atoms with E-state index in [-0.39, 0.29) is 34.1 Å². The molecule has 1 N–H and O–H groups in total. The second kappa shape index (κ2) is 10.5. The lowest BCUT2D eigenvalue weighted by Crippen LogP contribution is -2.55. The summed E-state index contributed by atoms with van der Waals surface area (Å²) in [5.41, 5.74) is 0.637. The maximum Gasteiger partial charge on any atom is 0.411 e. The van der Waals surface area contributed by atoms with Crippen LogP contribution in [0.2, 0.25) is 0 Å². The normalized spacial score (nSPS) is 23.0. The SMILES string of the molecule is CC(C)(C)OC(=O)N1[C@@H]2CC[C@@H](C2)[C@H]1C(=O)N[C@H](C#N)Cc1ccc(-c2cccc(S(=O)(=O)C3CC3)c2)cc1F. The van der Waals surface area contributed by atoms with Crippen LogP contribution in [0.5, 0.6) is 0 Å². The summed E-state index contributed by atoms with van der Waals surface area (Å²) in [6.45, 7) is 5.31. The van der Waals surface area contributed by atoms with Crippen molar-refractivity contribution in [3.63, 3.8) is 0 Å². The number of likely N-dealkylation sites (tertiary alicyclic amines) is 1. The monoisotopic (exact) mass is 567 g/mol. The molecule has 212 valence electrons. The smallest absolute Gasteiger partial charge is 0.411 e. The number of nitrogens with one attached hydrogen (secondary N) is 1. The van der Waals surface area contributed by atoms with Gasteiger partial charge in [0.1, 0.15) is 23.5 Å². The largest absolute Gasteiger partial charge is 0.444 e. The van der Waals surface area contributed by atoms with Gasteiger partial charge in [-0.05, 0) is 93.7 Å². The fraction of sp³-hybridized carbons (Fsp3) is 0.500. The number of sulfone groups is 1. The molecule has 2 bridgehead atoms. The zero-order valence-corrected chi connectivity index (χ0v) is 23.7. The first-order chi connectivity index (χ1) is 18.9. The maximum absolute atomic E-state index is 15.2. The van der Waals surface area contributed by atoms with Crippen LogP contribution in [0.1, 0.15) is 58.4 Å². The molecule has 0 radical (unpaired) electrons. The molecule has 1 aliphatic heterocycles. The molecule has 40 heavy (non-hydrogen) atoms. The lowest BCUT2D eigenvalue weighted by Gasteiger charge is -2.35. The first-order valence-corrected chi connectivity index (χ1v) is 15.3. The highest BCUT2D eigenvalue weighted by Crippen LogP contribution is 2.43. The Morgan fingerprint density at radius 1 is 1.12 bits per heavy atom. The lowest BCUT2D eigenvalue weighted by atomic mass is 9.97. The molecule has 3 fully saturated rings. The molecule has 0 spiro atoms. The summed E-state index contributed by atoms with van der Waals surface area (Å²) in [5.74, 6) is -1.000. The fourth-order valence-electron chi connectivity index (χ4n) is 5.82. The number of carbonyl (C=O) groups is 2. The summed E-state index contributed by atoms with van der Waals surface area (Å²) in [6, 6.07) is 11.3. The van der Waals surface area contributed by atoms with Gasteiger partial charge in [-0.25, -0.2) is 17.6 Å². The van der Waals surface area contributed by atoms with E-state index < -0.39 is 45.3 Å². The molecule has 0 unspecified atom stereocenters. The minimum absolute atomic E-state index is 0.00706. The molecule has 5 rings (SSSR count). The molecule has 1 saturated heterocycles. The van der Waals surface area contributed by atoms with Crippen molar-refractivity contribution in [3.05, 3.63) is 53.8 Å². The van der Waals surface area contributed by atoms with Gasteiger partial charge in [0, 0.05) is 12.5 Å². The van der Waals surface area contributed by atoms with Crippen LogP contribution in [-0.2, 0) is 25.8 Å². The van der Waals surface area contributed by atoms with Crippen LogP contribution in [-0.4, -0.2) is 54.3 Å². The topological polar surface area (TPSA) is 117 Å². The predicted octanol–water partition coefficient (Wildman–Crippen LogP) is 4.77. The molecule has 3 aliphatic rings. The Morgan fingerprint density at radius 3 is 2.50 bits per heavy atom. The highest BCUT2D eigenvalue weighted by atomic mass is 32.2. The number of halogens is 1. The third-order valence-electron chi connectivity index (χ3n) is 7.87. The third kappa shape index (κ3) is 5.71. The van der Waals surface area contributed by atoms with Gasteiger partial charge in [-0.1, -0.05) is 24.3 Å². The van der Waals surface area contributed by atoms with Crippen molar-refractivity contribution in [2.24, 2.45) is 5.92 Å². The molecule has 1 heterocycles. The number of nitrogens with zero attached hydrogens (tertiary/aromatic N) is 2. The molecule has 8 nitrogen and oxygen atoms in total. The molecule has 10 heteroatoms. The van der Waals surface area contributed by atoms with Crippen LogP contribution < -0.4 is 5.32 Å². The van der Waals surface area contributed by atoms with Crippen molar-refractivity contribution in [2.45, 2.75) is 93.2 Å². The van der Waals surface area contributed by atoms with Gasteiger partial charge in [0.15, 0.2) is 9.84 Å². The van der Waals surface area contributed by atoms with Crippen molar-refractivity contribution >= 4 is 21.8 Å². The summed E-state index contributed by atoms with van der Waals surface area (Å²) in [7, 11) is -3.38. The van der Waals surface area contributed by atoms with E-state index in [0.29, 0.717) is 30.4 Å². The Hall–Kier alpha value is -3.45. The molecule has 2 aliphatic carbocycles. The van der Waals surface area contributed by atoms with Gasteiger partial charge in [0.05, 0.1) is 16.2 Å². The van der Waals surface area contributed by atoms with Crippen molar-refractivity contribution in [1.82, 2.24) is 10.2 Å². The van der Waals surface area contributed by atoms with Gasteiger partial charge >= 0.3 is 6.09 Å². The van der Waals surface area contributed by atoms with E-state index in [1.807, 2.05) is 6.07 Å². The van der Waals surface area contributed by atoms with E-state index in [1.165, 1.54) is 11.0 Å². The van der Waals surface area contributed by atoms with Crippen molar-refractivity contribution in [1.29, 1.82) is 5.26 Å². The van der Waals surface area contributed by atoms with Crippen LogP contribution in [0.4, 0.5) is 9.18 Å². The highest BCUT2D eigenvalue weighted by Gasteiger charge is 2.52. The number of benzene rings is 2. The van der Waals surface area contributed by atoms with Crippen LogP contribution in [0.25, 0.3) is 11.1 Å². The van der Waals surface area contributed by atoms with E-state index in [4.69, 9.17) is 4.74 Å². The average molecular weight is 568 g/mol. The third-order valence-corrected chi connectivity index (χ3v) is 10.1. The quantitative estimate of drug-likeness (QED) is 0.515. The lowest BCUT2D eigenvalue weighted by molar-refractivity contribution is -0.128. The summed E-state index contributed by atoms with van der Waals surface area (Å²) < 4.78 is 46.0. The first kappa shape index (κ1) is 28.1. The predicted molar refractivity (Wildman–Crippen MR) is 146 cm³/mol. The minimum Gasteiger partial charge on any atom is -0.444 e. The summed E-state index contributed by atoms with van der Waals surface area (Å²) >= 11 is 0. The second-order valence-corrected chi connectivity index (χ2v) is 14.3. The number of fused-ring (bicyclic) bond motifs is 2. The van der Waals surface area contributed by atoms with Crippen molar-refractivity contribution < 1.29 is 27.1 Å². The summed E-state index contributed by atoms with van der Waals surface area (Å²) in [6.07, 6.45) is 3.07. The van der Waals surface area contributed by atoms with Crippen LogP contribution in [0.15, 0.2) is 47.4 Å². The van der Waals surface area contributed by atoms with Gasteiger partial charge in [0.25, 0.3) is 0 Å². The minimum atomic E-state index is -3.38.